The third-order valence-electron chi connectivity index (χ3n) is 1.71. The minimum absolute atomic E-state index is 0.285. The monoisotopic (exact) mass is 241 g/mol. The van der Waals surface area contributed by atoms with Gasteiger partial charge in [-0.25, -0.2) is 4.79 Å². The van der Waals surface area contributed by atoms with Crippen LogP contribution in [0.3, 0.4) is 0 Å². The minimum Gasteiger partial charge on any atom is -0.442 e. The Hall–Kier alpha value is -1.29. The van der Waals surface area contributed by atoms with E-state index in [1.807, 2.05) is 20.8 Å². The maximum atomic E-state index is 11.8. The van der Waals surface area contributed by atoms with Crippen LogP contribution in [0.5, 0.6) is 0 Å². The predicted octanol–water partition coefficient (Wildman–Crippen LogP) is 3.31. The van der Waals surface area contributed by atoms with E-state index in [1.165, 1.54) is 5.06 Å². The fourth-order valence-electron chi connectivity index (χ4n) is 1.04. The number of ether oxygens (including phenoxy) is 1. The second-order valence-corrected chi connectivity index (χ2v) is 4.60. The van der Waals surface area contributed by atoms with E-state index in [9.17, 15) is 4.79 Å². The van der Waals surface area contributed by atoms with Crippen molar-refractivity contribution in [2.75, 3.05) is 13.2 Å². The van der Waals surface area contributed by atoms with Gasteiger partial charge in [-0.05, 0) is 33.6 Å². The van der Waals surface area contributed by atoms with E-state index in [0.717, 1.165) is 12.8 Å². The zero-order chi connectivity index (χ0) is 13.3. The van der Waals surface area contributed by atoms with Crippen molar-refractivity contribution in [2.45, 2.75) is 39.2 Å². The number of carbonyl (C=O) groups is 1. The van der Waals surface area contributed by atoms with Gasteiger partial charge >= 0.3 is 6.09 Å². The molecule has 4 nitrogen and oxygen atoms in total. The molecule has 0 aliphatic carbocycles. The highest BCUT2D eigenvalue weighted by molar-refractivity contribution is 5.66. The van der Waals surface area contributed by atoms with Crippen molar-refractivity contribution in [3.8, 4) is 0 Å². The van der Waals surface area contributed by atoms with Crippen molar-refractivity contribution in [3.05, 3.63) is 25.3 Å². The Morgan fingerprint density at radius 3 is 2.41 bits per heavy atom. The van der Waals surface area contributed by atoms with Gasteiger partial charge in [-0.15, -0.1) is 13.2 Å². The lowest BCUT2D eigenvalue weighted by Gasteiger charge is -2.26. The number of hydroxylamine groups is 2. The highest BCUT2D eigenvalue weighted by Gasteiger charge is 2.22. The van der Waals surface area contributed by atoms with Crippen LogP contribution in [0, 0.1) is 0 Å². The fraction of sp³-hybridized carbons (Fsp3) is 0.615. The molecule has 17 heavy (non-hydrogen) atoms. The van der Waals surface area contributed by atoms with Gasteiger partial charge in [-0.2, -0.15) is 5.06 Å². The molecule has 0 saturated carbocycles. The number of hydrogen-bond acceptors (Lipinski definition) is 3. The number of carbonyl (C=O) groups excluding carboxylic acids is 1. The van der Waals surface area contributed by atoms with Crippen LogP contribution in [0.4, 0.5) is 4.79 Å². The predicted molar refractivity (Wildman–Crippen MR) is 68.5 cm³/mol. The molecule has 0 bridgehead atoms. The van der Waals surface area contributed by atoms with Crippen molar-refractivity contribution in [1.82, 2.24) is 5.06 Å². The van der Waals surface area contributed by atoms with Crippen molar-refractivity contribution < 1.29 is 14.4 Å². The summed E-state index contributed by atoms with van der Waals surface area (Å²) in [6.45, 7) is 13.4. The molecule has 0 saturated heterocycles. The first-order valence-electron chi connectivity index (χ1n) is 5.76. The van der Waals surface area contributed by atoms with Gasteiger partial charge in [0.15, 0.2) is 0 Å². The molecule has 0 spiro atoms. The molecule has 0 aromatic carbocycles. The molecular weight excluding hydrogens is 218 g/mol. The Morgan fingerprint density at radius 2 is 1.94 bits per heavy atom. The summed E-state index contributed by atoms with van der Waals surface area (Å²) in [5, 5.41) is 1.23. The summed E-state index contributed by atoms with van der Waals surface area (Å²) >= 11 is 0. The highest BCUT2D eigenvalue weighted by atomic mass is 16.7. The van der Waals surface area contributed by atoms with Crippen molar-refractivity contribution in [3.63, 3.8) is 0 Å². The number of rotatable bonds is 7. The number of hydrogen-bond donors (Lipinski definition) is 0. The van der Waals surface area contributed by atoms with Crippen LogP contribution in [0.1, 0.15) is 33.6 Å². The smallest absolute Gasteiger partial charge is 0.434 e. The molecule has 0 aliphatic rings. The Balaban J connectivity index is 4.28. The zero-order valence-electron chi connectivity index (χ0n) is 11.1. The minimum atomic E-state index is -0.523. The van der Waals surface area contributed by atoms with Crippen LogP contribution < -0.4 is 0 Å². The van der Waals surface area contributed by atoms with Gasteiger partial charge in [0.25, 0.3) is 0 Å². The highest BCUT2D eigenvalue weighted by Crippen LogP contribution is 2.11. The van der Waals surface area contributed by atoms with Crippen molar-refractivity contribution >= 4 is 6.09 Å². The molecule has 98 valence electrons. The van der Waals surface area contributed by atoms with Crippen molar-refractivity contribution in [2.24, 2.45) is 0 Å². The van der Waals surface area contributed by atoms with E-state index in [1.54, 1.807) is 12.2 Å². The molecule has 0 unspecified atom stereocenters. The topological polar surface area (TPSA) is 38.8 Å². The standard InChI is InChI=1S/C13H23NO3/c1-6-8-9-10-14(16-11-7-2)12(15)17-13(3,4)5/h6-7H,1-2,8-11H2,3-5H3. The molecule has 0 atom stereocenters. The Bertz CT molecular complexity index is 256. The summed E-state index contributed by atoms with van der Waals surface area (Å²) < 4.78 is 5.23. The van der Waals surface area contributed by atoms with Crippen LogP contribution in [0.15, 0.2) is 25.3 Å². The van der Waals surface area contributed by atoms with E-state index in [2.05, 4.69) is 13.2 Å². The normalized spacial score (nSPS) is 10.8. The number of nitrogens with zero attached hydrogens (tertiary/aromatic N) is 1. The first-order chi connectivity index (χ1) is 7.90. The second kappa shape index (κ2) is 7.90. The summed E-state index contributed by atoms with van der Waals surface area (Å²) in [5.41, 5.74) is -0.523. The SMILES string of the molecule is C=CCCCN(OCC=C)C(=O)OC(C)(C)C. The Labute approximate surface area is 104 Å². The molecule has 0 aromatic heterocycles. The molecule has 0 rings (SSSR count). The van der Waals surface area contributed by atoms with Crippen LogP contribution in [-0.4, -0.2) is 29.9 Å². The largest absolute Gasteiger partial charge is 0.442 e. The summed E-state index contributed by atoms with van der Waals surface area (Å²) in [7, 11) is 0. The molecule has 1 amide bonds. The van der Waals surface area contributed by atoms with Gasteiger partial charge in [0.05, 0.1) is 13.2 Å². The Morgan fingerprint density at radius 1 is 1.29 bits per heavy atom. The lowest BCUT2D eigenvalue weighted by atomic mass is 10.2. The Kier molecular flexibility index (Phi) is 7.30. The van der Waals surface area contributed by atoms with E-state index in [0.29, 0.717) is 6.54 Å². The molecule has 0 radical (unpaired) electrons. The van der Waals surface area contributed by atoms with E-state index in [-0.39, 0.29) is 6.61 Å². The average Bonchev–Trinajstić information content (AvgIpc) is 2.20. The van der Waals surface area contributed by atoms with Gasteiger partial charge in [-0.3, -0.25) is 4.84 Å². The quantitative estimate of drug-likeness (QED) is 0.390. The van der Waals surface area contributed by atoms with E-state index in [4.69, 9.17) is 9.57 Å². The summed E-state index contributed by atoms with van der Waals surface area (Å²) in [5.74, 6) is 0. The molecule has 0 heterocycles. The van der Waals surface area contributed by atoms with Gasteiger partial charge in [0.2, 0.25) is 0 Å². The maximum Gasteiger partial charge on any atom is 0.434 e. The van der Waals surface area contributed by atoms with Crippen LogP contribution in [0.2, 0.25) is 0 Å². The van der Waals surface area contributed by atoms with E-state index < -0.39 is 11.7 Å². The van der Waals surface area contributed by atoms with E-state index >= 15 is 0 Å². The van der Waals surface area contributed by atoms with Crippen LogP contribution in [0.25, 0.3) is 0 Å². The van der Waals surface area contributed by atoms with Crippen LogP contribution >= 0.6 is 0 Å². The lowest BCUT2D eigenvalue weighted by molar-refractivity contribution is -0.138. The average molecular weight is 241 g/mol. The summed E-state index contributed by atoms with van der Waals surface area (Å²) in [6.07, 6.45) is 4.55. The van der Waals surface area contributed by atoms with Crippen LogP contribution in [-0.2, 0) is 9.57 Å². The molecular formula is C13H23NO3. The molecule has 4 heteroatoms. The second-order valence-electron chi connectivity index (χ2n) is 4.60. The van der Waals surface area contributed by atoms with Gasteiger partial charge < -0.3 is 4.74 Å². The summed E-state index contributed by atoms with van der Waals surface area (Å²) in [4.78, 5) is 17.0. The molecule has 0 aliphatic heterocycles. The number of amides is 1. The molecule has 0 fully saturated rings. The first kappa shape index (κ1) is 15.7. The fourth-order valence-corrected chi connectivity index (χ4v) is 1.04. The molecule has 0 aromatic rings. The van der Waals surface area contributed by atoms with Gasteiger partial charge in [0, 0.05) is 0 Å². The van der Waals surface area contributed by atoms with Gasteiger partial charge in [0.1, 0.15) is 5.60 Å². The third-order valence-corrected chi connectivity index (χ3v) is 1.71. The first-order valence-corrected chi connectivity index (χ1v) is 5.76. The summed E-state index contributed by atoms with van der Waals surface area (Å²) in [6, 6.07) is 0. The lowest BCUT2D eigenvalue weighted by Crippen LogP contribution is -2.37. The number of unbranched alkanes of at least 4 members (excludes halogenated alkanes) is 1. The van der Waals surface area contributed by atoms with Gasteiger partial charge in [-0.1, -0.05) is 12.2 Å². The zero-order valence-corrected chi connectivity index (χ0v) is 11.1. The maximum absolute atomic E-state index is 11.8. The number of allylic oxidation sites excluding steroid dienone is 1. The third kappa shape index (κ3) is 8.51. The molecule has 0 N–H and O–H groups in total. The van der Waals surface area contributed by atoms with Crippen molar-refractivity contribution in [1.29, 1.82) is 0 Å².